The van der Waals surface area contributed by atoms with Gasteiger partial charge >= 0.3 is 5.97 Å². The van der Waals surface area contributed by atoms with Crippen molar-refractivity contribution in [1.82, 2.24) is 10.3 Å². The molecule has 27 heavy (non-hydrogen) atoms. The number of nitrogens with zero attached hydrogens (tertiary/aromatic N) is 2. The SMILES string of the molecule is Cc1csc([C@@H](C#N)C(=O)COC(=O)[C@@H](C)NC(=O)c2ccccc2Cl)n1. The van der Waals surface area contributed by atoms with Crippen LogP contribution in [0.4, 0.5) is 0 Å². The van der Waals surface area contributed by atoms with E-state index in [1.54, 1.807) is 30.5 Å². The van der Waals surface area contributed by atoms with Crippen molar-refractivity contribution in [3.63, 3.8) is 0 Å². The zero-order valence-corrected chi connectivity index (χ0v) is 16.1. The summed E-state index contributed by atoms with van der Waals surface area (Å²) in [5.41, 5.74) is 0.925. The summed E-state index contributed by atoms with van der Waals surface area (Å²) >= 11 is 7.13. The van der Waals surface area contributed by atoms with Gasteiger partial charge in [-0.3, -0.25) is 9.59 Å². The molecule has 0 fully saturated rings. The molecule has 7 nitrogen and oxygen atoms in total. The van der Waals surface area contributed by atoms with Gasteiger partial charge in [0.1, 0.15) is 11.0 Å². The van der Waals surface area contributed by atoms with Crippen LogP contribution in [-0.4, -0.2) is 35.3 Å². The number of halogens is 1. The highest BCUT2D eigenvalue weighted by Gasteiger charge is 2.26. The van der Waals surface area contributed by atoms with Gasteiger partial charge in [0.2, 0.25) is 0 Å². The van der Waals surface area contributed by atoms with Gasteiger partial charge < -0.3 is 10.1 Å². The van der Waals surface area contributed by atoms with Crippen LogP contribution in [0.5, 0.6) is 0 Å². The molecule has 0 saturated heterocycles. The van der Waals surface area contributed by atoms with E-state index in [2.05, 4.69) is 10.3 Å². The van der Waals surface area contributed by atoms with Gasteiger partial charge in [-0.1, -0.05) is 23.7 Å². The highest BCUT2D eigenvalue weighted by molar-refractivity contribution is 7.09. The Balaban J connectivity index is 1.90. The Morgan fingerprint density at radius 1 is 1.37 bits per heavy atom. The Bertz CT molecular complexity index is 906. The molecule has 0 aliphatic rings. The number of amides is 1. The third-order valence-electron chi connectivity index (χ3n) is 3.51. The molecule has 0 bridgehead atoms. The van der Waals surface area contributed by atoms with Crippen molar-refractivity contribution in [3.8, 4) is 6.07 Å². The first-order chi connectivity index (χ1) is 12.8. The van der Waals surface area contributed by atoms with E-state index in [4.69, 9.17) is 16.3 Å². The van der Waals surface area contributed by atoms with Crippen molar-refractivity contribution in [2.45, 2.75) is 25.8 Å². The molecular formula is C18H16ClN3O4S. The molecule has 1 heterocycles. The topological polar surface area (TPSA) is 109 Å². The predicted octanol–water partition coefficient (Wildman–Crippen LogP) is 2.64. The molecule has 0 radical (unpaired) electrons. The number of hydrogen-bond acceptors (Lipinski definition) is 7. The second-order valence-electron chi connectivity index (χ2n) is 5.64. The fourth-order valence-corrected chi connectivity index (χ4v) is 3.18. The molecule has 1 N–H and O–H groups in total. The number of aromatic nitrogens is 1. The van der Waals surface area contributed by atoms with E-state index < -0.39 is 36.2 Å². The number of thiazole rings is 1. The van der Waals surface area contributed by atoms with Crippen molar-refractivity contribution in [2.75, 3.05) is 6.61 Å². The molecule has 9 heteroatoms. The fraction of sp³-hybridized carbons (Fsp3) is 0.278. The predicted molar refractivity (Wildman–Crippen MR) is 99.6 cm³/mol. The van der Waals surface area contributed by atoms with Crippen molar-refractivity contribution in [2.24, 2.45) is 0 Å². The summed E-state index contributed by atoms with van der Waals surface area (Å²) in [6, 6.07) is 7.27. The molecule has 1 aromatic carbocycles. The highest BCUT2D eigenvalue weighted by Crippen LogP contribution is 2.21. The summed E-state index contributed by atoms with van der Waals surface area (Å²) in [5.74, 6) is -3.00. The Kier molecular flexibility index (Phi) is 7.05. The lowest BCUT2D eigenvalue weighted by Crippen LogP contribution is -2.40. The molecule has 2 rings (SSSR count). The summed E-state index contributed by atoms with van der Waals surface area (Å²) in [6.45, 7) is 2.60. The van der Waals surface area contributed by atoms with E-state index in [-0.39, 0.29) is 10.6 Å². The number of ketones is 1. The zero-order chi connectivity index (χ0) is 20.0. The van der Waals surface area contributed by atoms with Crippen LogP contribution in [-0.2, 0) is 14.3 Å². The highest BCUT2D eigenvalue weighted by atomic mass is 35.5. The average Bonchev–Trinajstić information content (AvgIpc) is 3.06. The molecule has 2 aromatic rings. The molecule has 2 atom stereocenters. The number of Topliss-reactive ketones (excluding diaryl/α,β-unsaturated/α-hetero) is 1. The van der Waals surface area contributed by atoms with Crippen LogP contribution in [0.1, 0.15) is 33.9 Å². The minimum absolute atomic E-state index is 0.221. The average molecular weight is 406 g/mol. The van der Waals surface area contributed by atoms with Gasteiger partial charge in [0, 0.05) is 11.1 Å². The lowest BCUT2D eigenvalue weighted by atomic mass is 10.1. The van der Waals surface area contributed by atoms with Crippen LogP contribution < -0.4 is 5.32 Å². The normalized spacial score (nSPS) is 12.5. The first-order valence-electron chi connectivity index (χ1n) is 7.90. The number of rotatable bonds is 7. The maximum Gasteiger partial charge on any atom is 0.328 e. The van der Waals surface area contributed by atoms with E-state index in [9.17, 15) is 19.6 Å². The van der Waals surface area contributed by atoms with Crippen molar-refractivity contribution in [1.29, 1.82) is 5.26 Å². The Morgan fingerprint density at radius 3 is 2.67 bits per heavy atom. The summed E-state index contributed by atoms with van der Waals surface area (Å²) in [6.07, 6.45) is 0. The molecular weight excluding hydrogens is 390 g/mol. The van der Waals surface area contributed by atoms with Crippen LogP contribution >= 0.6 is 22.9 Å². The van der Waals surface area contributed by atoms with Crippen molar-refractivity contribution in [3.05, 3.63) is 50.9 Å². The van der Waals surface area contributed by atoms with Crippen molar-refractivity contribution < 1.29 is 19.1 Å². The summed E-state index contributed by atoms with van der Waals surface area (Å²) < 4.78 is 4.93. The number of aryl methyl sites for hydroxylation is 1. The number of hydrogen-bond donors (Lipinski definition) is 1. The van der Waals surface area contributed by atoms with Gasteiger partial charge in [0.15, 0.2) is 18.3 Å². The first-order valence-corrected chi connectivity index (χ1v) is 9.15. The van der Waals surface area contributed by atoms with E-state index >= 15 is 0 Å². The minimum Gasteiger partial charge on any atom is -0.456 e. The third-order valence-corrected chi connectivity index (χ3v) is 4.87. The molecule has 0 unspecified atom stereocenters. The second-order valence-corrected chi connectivity index (χ2v) is 6.94. The minimum atomic E-state index is -1.09. The molecule has 1 amide bonds. The Hall–Kier alpha value is -2.76. The van der Waals surface area contributed by atoms with Gasteiger partial charge in [-0.2, -0.15) is 5.26 Å². The second kappa shape index (κ2) is 9.26. The maximum absolute atomic E-state index is 12.2. The zero-order valence-electron chi connectivity index (χ0n) is 14.6. The summed E-state index contributed by atoms with van der Waals surface area (Å²) in [7, 11) is 0. The molecule has 0 aliphatic heterocycles. The Labute approximate surface area is 164 Å². The van der Waals surface area contributed by atoms with Crippen molar-refractivity contribution >= 4 is 40.6 Å². The molecule has 0 spiro atoms. The summed E-state index contributed by atoms with van der Waals surface area (Å²) in [4.78, 5) is 40.4. The standard InChI is InChI=1S/C18H16ClN3O4S/c1-10-9-27-17(21-10)13(7-20)15(23)8-26-18(25)11(2)22-16(24)12-5-3-4-6-14(12)19/h3-6,9,11,13H,8H2,1-2H3,(H,22,24)/t11-,13+/m1/s1. The largest absolute Gasteiger partial charge is 0.456 e. The lowest BCUT2D eigenvalue weighted by Gasteiger charge is -2.14. The number of nitriles is 1. The van der Waals surface area contributed by atoms with Crippen LogP contribution in [0.2, 0.25) is 5.02 Å². The van der Waals surface area contributed by atoms with E-state index in [1.807, 2.05) is 6.07 Å². The number of ether oxygens (including phenoxy) is 1. The van der Waals surface area contributed by atoms with Gasteiger partial charge in [-0.15, -0.1) is 11.3 Å². The van der Waals surface area contributed by atoms with Gasteiger partial charge in [0.05, 0.1) is 16.7 Å². The third kappa shape index (κ3) is 5.36. The van der Waals surface area contributed by atoms with Crippen LogP contribution in [0.25, 0.3) is 0 Å². The maximum atomic E-state index is 12.2. The molecule has 0 saturated carbocycles. The van der Waals surface area contributed by atoms with Crippen LogP contribution in [0.3, 0.4) is 0 Å². The number of nitrogens with one attached hydrogen (secondary N) is 1. The van der Waals surface area contributed by atoms with Crippen LogP contribution in [0.15, 0.2) is 29.6 Å². The number of carbonyl (C=O) groups is 3. The monoisotopic (exact) mass is 405 g/mol. The number of esters is 1. The molecule has 1 aromatic heterocycles. The summed E-state index contributed by atoms with van der Waals surface area (Å²) in [5, 5.41) is 14.0. The van der Waals surface area contributed by atoms with Gasteiger partial charge in [-0.25, -0.2) is 9.78 Å². The van der Waals surface area contributed by atoms with E-state index in [1.165, 1.54) is 24.3 Å². The Morgan fingerprint density at radius 2 is 2.07 bits per heavy atom. The van der Waals surface area contributed by atoms with E-state index in [0.29, 0.717) is 10.7 Å². The smallest absolute Gasteiger partial charge is 0.328 e. The fourth-order valence-electron chi connectivity index (χ4n) is 2.10. The molecule has 0 aliphatic carbocycles. The first kappa shape index (κ1) is 20.6. The number of benzene rings is 1. The molecule has 140 valence electrons. The van der Waals surface area contributed by atoms with Gasteiger partial charge in [0.25, 0.3) is 5.91 Å². The quantitative estimate of drug-likeness (QED) is 0.709. The van der Waals surface area contributed by atoms with Gasteiger partial charge in [-0.05, 0) is 26.0 Å². The lowest BCUT2D eigenvalue weighted by molar-refractivity contribution is -0.149. The number of carbonyl (C=O) groups excluding carboxylic acids is 3. The van der Waals surface area contributed by atoms with Crippen LogP contribution in [0, 0.1) is 18.3 Å². The van der Waals surface area contributed by atoms with E-state index in [0.717, 1.165) is 0 Å².